The first kappa shape index (κ1) is 16.0. The molecule has 3 heteroatoms. The van der Waals surface area contributed by atoms with E-state index in [1.54, 1.807) is 0 Å². The first-order valence-electron chi connectivity index (χ1n) is 6.84. The molecule has 2 aromatic rings. The molecule has 0 bridgehead atoms. The molecule has 0 spiro atoms. The second-order valence-corrected chi connectivity index (χ2v) is 7.01. The number of halogens is 2. The van der Waals surface area contributed by atoms with Crippen molar-refractivity contribution in [1.29, 1.82) is 0 Å². The zero-order chi connectivity index (χ0) is 14.5. The minimum atomic E-state index is 0.338. The minimum Gasteiger partial charge on any atom is -0.310 e. The van der Waals surface area contributed by atoms with Crippen LogP contribution in [-0.2, 0) is 6.42 Å². The van der Waals surface area contributed by atoms with Crippen LogP contribution >= 0.6 is 38.5 Å². The first-order valence-corrected chi connectivity index (χ1v) is 8.71. The molecule has 0 radical (unpaired) electrons. The molecule has 1 atom stereocenters. The van der Waals surface area contributed by atoms with Gasteiger partial charge in [-0.25, -0.2) is 0 Å². The highest BCUT2D eigenvalue weighted by atomic mass is 127. The van der Waals surface area contributed by atoms with Crippen LogP contribution in [0, 0.1) is 10.5 Å². The van der Waals surface area contributed by atoms with E-state index in [1.165, 1.54) is 24.7 Å². The lowest BCUT2D eigenvalue weighted by molar-refractivity contribution is 0.546. The van der Waals surface area contributed by atoms with Crippen LogP contribution in [0.15, 0.2) is 46.9 Å². The summed E-state index contributed by atoms with van der Waals surface area (Å²) in [6.45, 7) is 5.31. The maximum absolute atomic E-state index is 3.69. The van der Waals surface area contributed by atoms with E-state index in [0.29, 0.717) is 6.04 Å². The SMILES string of the molecule is CCNC(Cc1ccccc1C)c1cc(I)ccc1Br. The van der Waals surface area contributed by atoms with Gasteiger partial charge in [0.15, 0.2) is 0 Å². The predicted molar refractivity (Wildman–Crippen MR) is 98.2 cm³/mol. The van der Waals surface area contributed by atoms with E-state index in [9.17, 15) is 0 Å². The number of hydrogen-bond donors (Lipinski definition) is 1. The van der Waals surface area contributed by atoms with Gasteiger partial charge in [-0.15, -0.1) is 0 Å². The molecule has 0 aliphatic heterocycles. The highest BCUT2D eigenvalue weighted by molar-refractivity contribution is 14.1. The van der Waals surface area contributed by atoms with Crippen LogP contribution in [0.5, 0.6) is 0 Å². The Morgan fingerprint density at radius 3 is 2.65 bits per heavy atom. The van der Waals surface area contributed by atoms with Gasteiger partial charge >= 0.3 is 0 Å². The average molecular weight is 444 g/mol. The molecule has 0 aliphatic rings. The quantitative estimate of drug-likeness (QED) is 0.622. The van der Waals surface area contributed by atoms with Crippen LogP contribution in [0.2, 0.25) is 0 Å². The maximum Gasteiger partial charge on any atom is 0.0372 e. The molecule has 1 N–H and O–H groups in total. The zero-order valence-corrected chi connectivity index (χ0v) is 15.5. The van der Waals surface area contributed by atoms with Gasteiger partial charge in [-0.1, -0.05) is 47.1 Å². The Hall–Kier alpha value is -0.390. The summed E-state index contributed by atoms with van der Waals surface area (Å²) in [4.78, 5) is 0. The molecule has 2 aromatic carbocycles. The van der Waals surface area contributed by atoms with Crippen molar-refractivity contribution in [2.24, 2.45) is 0 Å². The van der Waals surface area contributed by atoms with E-state index >= 15 is 0 Å². The van der Waals surface area contributed by atoms with Gasteiger partial charge in [0.25, 0.3) is 0 Å². The van der Waals surface area contributed by atoms with E-state index in [1.807, 2.05) is 0 Å². The molecule has 0 amide bonds. The molecule has 0 aliphatic carbocycles. The van der Waals surface area contributed by atoms with Crippen molar-refractivity contribution in [2.75, 3.05) is 6.54 Å². The van der Waals surface area contributed by atoms with Crippen LogP contribution in [-0.4, -0.2) is 6.54 Å². The van der Waals surface area contributed by atoms with Gasteiger partial charge in [-0.05, 0) is 77.4 Å². The summed E-state index contributed by atoms with van der Waals surface area (Å²) in [6.07, 6.45) is 1.01. The Bertz CT molecular complexity index is 583. The summed E-state index contributed by atoms with van der Waals surface area (Å²) in [7, 11) is 0. The molecule has 2 rings (SSSR count). The third-order valence-electron chi connectivity index (χ3n) is 3.47. The van der Waals surface area contributed by atoms with Gasteiger partial charge in [0, 0.05) is 14.1 Å². The fraction of sp³-hybridized carbons (Fsp3) is 0.294. The third-order valence-corrected chi connectivity index (χ3v) is 4.86. The van der Waals surface area contributed by atoms with Crippen molar-refractivity contribution in [1.82, 2.24) is 5.32 Å². The zero-order valence-electron chi connectivity index (χ0n) is 11.8. The fourth-order valence-corrected chi connectivity index (χ4v) is 3.42. The smallest absolute Gasteiger partial charge is 0.0372 e. The van der Waals surface area contributed by atoms with Crippen molar-refractivity contribution >= 4 is 38.5 Å². The molecular weight excluding hydrogens is 425 g/mol. The van der Waals surface area contributed by atoms with Crippen LogP contribution in [0.25, 0.3) is 0 Å². The molecule has 20 heavy (non-hydrogen) atoms. The Balaban J connectivity index is 2.32. The predicted octanol–water partition coefficient (Wildman–Crippen LogP) is 5.26. The Labute approximate surface area is 143 Å². The molecule has 0 aromatic heterocycles. The van der Waals surface area contributed by atoms with Gasteiger partial charge in [-0.2, -0.15) is 0 Å². The number of hydrogen-bond acceptors (Lipinski definition) is 1. The second-order valence-electron chi connectivity index (χ2n) is 4.91. The lowest BCUT2D eigenvalue weighted by Crippen LogP contribution is -2.23. The molecule has 106 valence electrons. The third kappa shape index (κ3) is 4.06. The molecular formula is C17H19BrIN. The van der Waals surface area contributed by atoms with E-state index in [0.717, 1.165) is 13.0 Å². The molecule has 1 nitrogen and oxygen atoms in total. The molecule has 0 saturated carbocycles. The highest BCUT2D eigenvalue weighted by Gasteiger charge is 2.15. The average Bonchev–Trinajstić information content (AvgIpc) is 2.43. The lowest BCUT2D eigenvalue weighted by Gasteiger charge is -2.21. The maximum atomic E-state index is 3.69. The van der Waals surface area contributed by atoms with Gasteiger partial charge in [0.2, 0.25) is 0 Å². The Morgan fingerprint density at radius 2 is 1.95 bits per heavy atom. The number of benzene rings is 2. The number of likely N-dealkylation sites (N-methyl/N-ethyl adjacent to an activating group) is 1. The van der Waals surface area contributed by atoms with Crippen molar-refractivity contribution < 1.29 is 0 Å². The number of aryl methyl sites for hydroxylation is 1. The Morgan fingerprint density at radius 1 is 1.20 bits per heavy atom. The summed E-state index contributed by atoms with van der Waals surface area (Å²) in [5.74, 6) is 0. The Kier molecular flexibility index (Phi) is 6.05. The van der Waals surface area contributed by atoms with Crippen molar-refractivity contribution in [3.05, 3.63) is 67.2 Å². The minimum absolute atomic E-state index is 0.338. The first-order chi connectivity index (χ1) is 9.61. The van der Waals surface area contributed by atoms with Crippen LogP contribution in [0.1, 0.15) is 29.7 Å². The van der Waals surface area contributed by atoms with Crippen LogP contribution in [0.3, 0.4) is 0 Å². The molecule has 0 heterocycles. The van der Waals surface area contributed by atoms with Crippen molar-refractivity contribution in [3.63, 3.8) is 0 Å². The monoisotopic (exact) mass is 443 g/mol. The van der Waals surface area contributed by atoms with Gasteiger partial charge in [0.05, 0.1) is 0 Å². The summed E-state index contributed by atoms with van der Waals surface area (Å²) in [6, 6.07) is 15.5. The second kappa shape index (κ2) is 7.57. The summed E-state index contributed by atoms with van der Waals surface area (Å²) < 4.78 is 2.45. The van der Waals surface area contributed by atoms with Gasteiger partial charge < -0.3 is 5.32 Å². The molecule has 1 unspecified atom stereocenters. The van der Waals surface area contributed by atoms with Gasteiger partial charge in [0.1, 0.15) is 0 Å². The van der Waals surface area contributed by atoms with E-state index < -0.39 is 0 Å². The standard InChI is InChI=1S/C17H19BrIN/c1-3-20-17(10-13-7-5-4-6-12(13)2)15-11-14(19)8-9-16(15)18/h4-9,11,17,20H,3,10H2,1-2H3. The van der Waals surface area contributed by atoms with Gasteiger partial charge in [-0.3, -0.25) is 0 Å². The van der Waals surface area contributed by atoms with Crippen LogP contribution < -0.4 is 5.32 Å². The van der Waals surface area contributed by atoms with Crippen molar-refractivity contribution in [2.45, 2.75) is 26.3 Å². The number of nitrogens with one attached hydrogen (secondary N) is 1. The summed E-state index contributed by atoms with van der Waals surface area (Å²) >= 11 is 6.06. The van der Waals surface area contributed by atoms with Crippen molar-refractivity contribution in [3.8, 4) is 0 Å². The van der Waals surface area contributed by atoms with E-state index in [-0.39, 0.29) is 0 Å². The normalized spacial score (nSPS) is 12.4. The lowest BCUT2D eigenvalue weighted by atomic mass is 9.96. The van der Waals surface area contributed by atoms with Crippen LogP contribution in [0.4, 0.5) is 0 Å². The fourth-order valence-electron chi connectivity index (χ4n) is 2.38. The highest BCUT2D eigenvalue weighted by Crippen LogP contribution is 2.28. The molecule has 0 saturated heterocycles. The van der Waals surface area contributed by atoms with E-state index in [4.69, 9.17) is 0 Å². The number of rotatable bonds is 5. The largest absolute Gasteiger partial charge is 0.310 e. The topological polar surface area (TPSA) is 12.0 Å². The summed E-state index contributed by atoms with van der Waals surface area (Å²) in [5.41, 5.74) is 4.10. The van der Waals surface area contributed by atoms with E-state index in [2.05, 4.69) is 100 Å². The molecule has 0 fully saturated rings. The summed E-state index contributed by atoms with van der Waals surface area (Å²) in [5, 5.41) is 3.61.